The molecule has 148 valence electrons. The number of hydrogen-bond donors (Lipinski definition) is 1. The Balaban J connectivity index is 1.47. The molecule has 0 radical (unpaired) electrons. The van der Waals surface area contributed by atoms with Crippen LogP contribution in [0.25, 0.3) is 0 Å². The fourth-order valence-corrected chi connectivity index (χ4v) is 2.74. The molecule has 2 heterocycles. The third-order valence-electron chi connectivity index (χ3n) is 4.19. The van der Waals surface area contributed by atoms with Crippen molar-refractivity contribution < 1.29 is 9.53 Å². The maximum atomic E-state index is 12.2. The SMILES string of the molecule is CC(C)(C)c1ccc(OCn2ccc(C(=O)NCCn3cc(Cl)cn3)n2)cc1. The predicted octanol–water partition coefficient (Wildman–Crippen LogP) is 3.50. The Labute approximate surface area is 169 Å². The standard InChI is InChI=1S/C20H24ClN5O2/c1-20(2,3)15-4-6-17(7-5-15)28-14-26-10-8-18(24-26)19(27)22-9-11-25-13-16(21)12-23-25/h4-8,10,12-13H,9,11,14H2,1-3H3,(H,22,27). The van der Waals surface area contributed by atoms with Crippen LogP contribution in [-0.4, -0.2) is 32.0 Å². The maximum absolute atomic E-state index is 12.2. The Bertz CT molecular complexity index is 925. The minimum absolute atomic E-state index is 0.104. The topological polar surface area (TPSA) is 74.0 Å². The first-order chi connectivity index (χ1) is 13.3. The zero-order valence-electron chi connectivity index (χ0n) is 16.2. The van der Waals surface area contributed by atoms with E-state index in [0.29, 0.717) is 23.8 Å². The fraction of sp³-hybridized carbons (Fsp3) is 0.350. The first-order valence-corrected chi connectivity index (χ1v) is 9.42. The molecule has 28 heavy (non-hydrogen) atoms. The lowest BCUT2D eigenvalue weighted by molar-refractivity contribution is 0.0945. The van der Waals surface area contributed by atoms with Gasteiger partial charge in [0.15, 0.2) is 6.73 Å². The summed E-state index contributed by atoms with van der Waals surface area (Å²) < 4.78 is 8.99. The number of benzene rings is 1. The average Bonchev–Trinajstić information content (AvgIpc) is 3.28. The van der Waals surface area contributed by atoms with Crippen LogP contribution in [0.4, 0.5) is 0 Å². The highest BCUT2D eigenvalue weighted by molar-refractivity contribution is 6.30. The molecule has 1 amide bonds. The number of carbonyl (C=O) groups is 1. The summed E-state index contributed by atoms with van der Waals surface area (Å²) in [5.41, 5.74) is 1.69. The first kappa shape index (κ1) is 19.9. The lowest BCUT2D eigenvalue weighted by Gasteiger charge is -2.19. The highest BCUT2D eigenvalue weighted by atomic mass is 35.5. The van der Waals surface area contributed by atoms with Crippen LogP contribution in [0.3, 0.4) is 0 Å². The van der Waals surface area contributed by atoms with Gasteiger partial charge in [-0.1, -0.05) is 44.5 Å². The normalized spacial score (nSPS) is 11.4. The summed E-state index contributed by atoms with van der Waals surface area (Å²) >= 11 is 5.81. The zero-order valence-corrected chi connectivity index (χ0v) is 17.0. The molecule has 0 unspecified atom stereocenters. The number of nitrogens with zero attached hydrogens (tertiary/aromatic N) is 4. The van der Waals surface area contributed by atoms with E-state index in [0.717, 1.165) is 5.75 Å². The predicted molar refractivity (Wildman–Crippen MR) is 108 cm³/mol. The van der Waals surface area contributed by atoms with Crippen LogP contribution in [0, 0.1) is 0 Å². The molecule has 2 aromatic heterocycles. The molecule has 0 aliphatic carbocycles. The molecule has 0 fully saturated rings. The zero-order chi connectivity index (χ0) is 20.1. The molecule has 0 bridgehead atoms. The van der Waals surface area contributed by atoms with Gasteiger partial charge >= 0.3 is 0 Å². The molecule has 7 nitrogen and oxygen atoms in total. The van der Waals surface area contributed by atoms with Crippen molar-refractivity contribution in [2.75, 3.05) is 6.54 Å². The van der Waals surface area contributed by atoms with E-state index in [1.165, 1.54) is 5.56 Å². The van der Waals surface area contributed by atoms with E-state index in [2.05, 4.69) is 48.4 Å². The molecule has 0 saturated carbocycles. The van der Waals surface area contributed by atoms with E-state index < -0.39 is 0 Å². The van der Waals surface area contributed by atoms with Gasteiger partial charge < -0.3 is 10.1 Å². The molecular formula is C20H24ClN5O2. The van der Waals surface area contributed by atoms with E-state index >= 15 is 0 Å². The van der Waals surface area contributed by atoms with Gasteiger partial charge in [0.1, 0.15) is 11.4 Å². The lowest BCUT2D eigenvalue weighted by atomic mass is 9.87. The van der Waals surface area contributed by atoms with E-state index in [-0.39, 0.29) is 18.1 Å². The van der Waals surface area contributed by atoms with Gasteiger partial charge in [-0.2, -0.15) is 10.2 Å². The van der Waals surface area contributed by atoms with Crippen molar-refractivity contribution in [3.63, 3.8) is 0 Å². The molecule has 3 aromatic rings. The Morgan fingerprint density at radius 3 is 2.57 bits per heavy atom. The Morgan fingerprint density at radius 1 is 1.18 bits per heavy atom. The van der Waals surface area contributed by atoms with Gasteiger partial charge in [-0.05, 0) is 29.2 Å². The number of carbonyl (C=O) groups excluding carboxylic acids is 1. The minimum Gasteiger partial charge on any atom is -0.471 e. The van der Waals surface area contributed by atoms with E-state index in [4.69, 9.17) is 16.3 Å². The molecule has 0 spiro atoms. The lowest BCUT2D eigenvalue weighted by Crippen LogP contribution is -2.27. The van der Waals surface area contributed by atoms with Crippen molar-refractivity contribution in [3.05, 3.63) is 65.2 Å². The Hall–Kier alpha value is -2.80. The van der Waals surface area contributed by atoms with Crippen molar-refractivity contribution in [1.82, 2.24) is 24.9 Å². The van der Waals surface area contributed by atoms with Gasteiger partial charge in [0.05, 0.1) is 17.8 Å². The van der Waals surface area contributed by atoms with Crippen LogP contribution >= 0.6 is 11.6 Å². The maximum Gasteiger partial charge on any atom is 0.271 e. The average molecular weight is 402 g/mol. The van der Waals surface area contributed by atoms with Crippen molar-refractivity contribution in [1.29, 1.82) is 0 Å². The number of hydrogen-bond acceptors (Lipinski definition) is 4. The quantitative estimate of drug-likeness (QED) is 0.657. The smallest absolute Gasteiger partial charge is 0.271 e. The molecule has 3 rings (SSSR count). The number of rotatable bonds is 7. The van der Waals surface area contributed by atoms with E-state index in [1.807, 2.05) is 12.1 Å². The third-order valence-corrected chi connectivity index (χ3v) is 4.38. The molecule has 1 N–H and O–H groups in total. The first-order valence-electron chi connectivity index (χ1n) is 9.04. The molecular weight excluding hydrogens is 378 g/mol. The van der Waals surface area contributed by atoms with Crippen LogP contribution in [0.5, 0.6) is 5.75 Å². The third kappa shape index (κ3) is 5.36. The highest BCUT2D eigenvalue weighted by Gasteiger charge is 2.13. The van der Waals surface area contributed by atoms with Crippen LogP contribution in [0.1, 0.15) is 36.8 Å². The largest absolute Gasteiger partial charge is 0.471 e. The van der Waals surface area contributed by atoms with Crippen molar-refractivity contribution in [3.8, 4) is 5.75 Å². The van der Waals surface area contributed by atoms with Gasteiger partial charge in [-0.3, -0.25) is 9.48 Å². The molecule has 0 aliphatic heterocycles. The van der Waals surface area contributed by atoms with Crippen molar-refractivity contribution in [2.24, 2.45) is 0 Å². The summed E-state index contributed by atoms with van der Waals surface area (Å²) in [5.74, 6) is 0.513. The minimum atomic E-state index is -0.244. The summed E-state index contributed by atoms with van der Waals surface area (Å²) in [6.45, 7) is 7.71. The summed E-state index contributed by atoms with van der Waals surface area (Å²) in [6.07, 6.45) is 4.97. The van der Waals surface area contributed by atoms with Crippen molar-refractivity contribution >= 4 is 17.5 Å². The summed E-state index contributed by atoms with van der Waals surface area (Å²) in [5, 5.41) is 11.7. The van der Waals surface area contributed by atoms with Crippen LogP contribution in [-0.2, 0) is 18.7 Å². The van der Waals surface area contributed by atoms with Crippen LogP contribution in [0.15, 0.2) is 48.9 Å². The molecule has 1 aromatic carbocycles. The van der Waals surface area contributed by atoms with Crippen molar-refractivity contribution in [2.45, 2.75) is 39.5 Å². The number of ether oxygens (including phenoxy) is 1. The molecule has 0 aliphatic rings. The molecule has 8 heteroatoms. The number of aromatic nitrogens is 4. The monoisotopic (exact) mass is 401 g/mol. The fourth-order valence-electron chi connectivity index (χ4n) is 2.58. The number of halogens is 1. The Morgan fingerprint density at radius 2 is 1.93 bits per heavy atom. The highest BCUT2D eigenvalue weighted by Crippen LogP contribution is 2.24. The van der Waals surface area contributed by atoms with Crippen LogP contribution in [0.2, 0.25) is 5.02 Å². The summed E-state index contributed by atoms with van der Waals surface area (Å²) in [7, 11) is 0. The number of amides is 1. The van der Waals surface area contributed by atoms with Gasteiger partial charge in [0.25, 0.3) is 5.91 Å². The number of nitrogens with one attached hydrogen (secondary N) is 1. The van der Waals surface area contributed by atoms with E-state index in [9.17, 15) is 4.79 Å². The Kier molecular flexibility index (Phi) is 6.04. The van der Waals surface area contributed by atoms with E-state index in [1.54, 1.807) is 34.0 Å². The second-order valence-corrected chi connectivity index (χ2v) is 7.90. The summed E-state index contributed by atoms with van der Waals surface area (Å²) in [6, 6.07) is 9.67. The molecule has 0 atom stereocenters. The van der Waals surface area contributed by atoms with Gasteiger partial charge in [0.2, 0.25) is 0 Å². The summed E-state index contributed by atoms with van der Waals surface area (Å²) in [4.78, 5) is 12.2. The second-order valence-electron chi connectivity index (χ2n) is 7.47. The van der Waals surface area contributed by atoms with Gasteiger partial charge in [-0.25, -0.2) is 4.68 Å². The van der Waals surface area contributed by atoms with Gasteiger partial charge in [0, 0.05) is 18.9 Å². The van der Waals surface area contributed by atoms with Crippen LogP contribution < -0.4 is 10.1 Å². The second kappa shape index (κ2) is 8.48. The van der Waals surface area contributed by atoms with Gasteiger partial charge in [-0.15, -0.1) is 0 Å². The molecule has 0 saturated heterocycles.